The molecule has 0 saturated carbocycles. The summed E-state index contributed by atoms with van der Waals surface area (Å²) in [6.07, 6.45) is 0.384. The van der Waals surface area contributed by atoms with Gasteiger partial charge in [0.05, 0.1) is 13.2 Å². The van der Waals surface area contributed by atoms with Gasteiger partial charge in [0.15, 0.2) is 13.4 Å². The Morgan fingerprint density at radius 2 is 2.00 bits per heavy atom. The molecule has 148 valence electrons. The van der Waals surface area contributed by atoms with Gasteiger partial charge in [-0.1, -0.05) is 30.3 Å². The molecule has 7 heteroatoms. The molecule has 0 atom stereocenters. The van der Waals surface area contributed by atoms with Gasteiger partial charge in [-0.2, -0.15) is 0 Å². The maximum absolute atomic E-state index is 12.3. The van der Waals surface area contributed by atoms with Crippen LogP contribution in [0.15, 0.2) is 36.4 Å². The summed E-state index contributed by atoms with van der Waals surface area (Å²) in [5, 5.41) is 0. The summed E-state index contributed by atoms with van der Waals surface area (Å²) in [6, 6.07) is 11.3. The lowest BCUT2D eigenvalue weighted by molar-refractivity contribution is -0.131. The van der Waals surface area contributed by atoms with E-state index in [0.717, 1.165) is 5.56 Å². The molecule has 0 amide bonds. The van der Waals surface area contributed by atoms with E-state index in [9.17, 15) is 9.59 Å². The number of ether oxygens (including phenoxy) is 5. The topological polar surface area (TPSA) is 80.3 Å². The molecule has 0 aliphatic carbocycles. The number of hydrogen-bond donors (Lipinski definition) is 0. The summed E-state index contributed by atoms with van der Waals surface area (Å²) in [5.74, 6) is 0.258. The highest BCUT2D eigenvalue weighted by atomic mass is 16.7. The molecule has 1 aliphatic rings. The molecule has 0 N–H and O–H groups in total. The van der Waals surface area contributed by atoms with E-state index in [4.69, 9.17) is 23.7 Å². The third-order valence-electron chi connectivity index (χ3n) is 4.13. The molecule has 2 aromatic carbocycles. The monoisotopic (exact) mass is 386 g/mol. The maximum atomic E-state index is 12.3. The molecule has 0 aromatic heterocycles. The standard InChI is InChI=1S/C21H22O7/c1-14(22)28-18-10-19-20(17(23)12-26-19)21(27-13-24-2)16(18)8-9-25-11-15-6-4-3-5-7-15/h3-7,10H,8-9,11-13H2,1-2H3. The van der Waals surface area contributed by atoms with E-state index in [1.165, 1.54) is 14.0 Å². The highest BCUT2D eigenvalue weighted by Crippen LogP contribution is 2.42. The first-order valence-corrected chi connectivity index (χ1v) is 8.88. The number of Topliss-reactive ketones (excluding diaryl/α,β-unsaturated/α-hetero) is 1. The van der Waals surface area contributed by atoms with Gasteiger partial charge in [0.1, 0.15) is 22.8 Å². The van der Waals surface area contributed by atoms with Gasteiger partial charge in [-0.05, 0) is 5.56 Å². The van der Waals surface area contributed by atoms with Crippen LogP contribution in [0.25, 0.3) is 0 Å². The Labute approximate surface area is 163 Å². The number of rotatable bonds is 9. The second kappa shape index (κ2) is 9.34. The number of hydrogen-bond acceptors (Lipinski definition) is 7. The minimum atomic E-state index is -0.478. The van der Waals surface area contributed by atoms with Crippen molar-refractivity contribution in [2.45, 2.75) is 20.0 Å². The fraction of sp³-hybridized carbons (Fsp3) is 0.333. The summed E-state index contributed by atoms with van der Waals surface area (Å²) in [7, 11) is 1.48. The van der Waals surface area contributed by atoms with Gasteiger partial charge in [0.25, 0.3) is 0 Å². The highest BCUT2D eigenvalue weighted by Gasteiger charge is 2.31. The van der Waals surface area contributed by atoms with E-state index in [-0.39, 0.29) is 24.9 Å². The molecule has 0 unspecified atom stereocenters. The van der Waals surface area contributed by atoms with Crippen molar-refractivity contribution < 1.29 is 33.3 Å². The van der Waals surface area contributed by atoms with Crippen molar-refractivity contribution in [2.24, 2.45) is 0 Å². The van der Waals surface area contributed by atoms with Crippen LogP contribution in [0.1, 0.15) is 28.4 Å². The van der Waals surface area contributed by atoms with Crippen LogP contribution in [0, 0.1) is 0 Å². The third-order valence-corrected chi connectivity index (χ3v) is 4.13. The van der Waals surface area contributed by atoms with Crippen molar-refractivity contribution in [3.63, 3.8) is 0 Å². The van der Waals surface area contributed by atoms with Crippen molar-refractivity contribution in [1.82, 2.24) is 0 Å². The zero-order chi connectivity index (χ0) is 19.9. The second-order valence-corrected chi connectivity index (χ2v) is 6.20. The summed E-state index contributed by atoms with van der Waals surface area (Å²) < 4.78 is 27.1. The molecule has 28 heavy (non-hydrogen) atoms. The molecular weight excluding hydrogens is 364 g/mol. The molecule has 2 aromatic rings. The van der Waals surface area contributed by atoms with Crippen molar-refractivity contribution in [2.75, 3.05) is 27.1 Å². The van der Waals surface area contributed by atoms with E-state index in [1.807, 2.05) is 30.3 Å². The smallest absolute Gasteiger partial charge is 0.308 e. The maximum Gasteiger partial charge on any atom is 0.308 e. The van der Waals surface area contributed by atoms with Crippen LogP contribution in [-0.4, -0.2) is 38.9 Å². The van der Waals surface area contributed by atoms with Crippen molar-refractivity contribution in [3.05, 3.63) is 53.1 Å². The van der Waals surface area contributed by atoms with Crippen LogP contribution >= 0.6 is 0 Å². The molecule has 1 heterocycles. The van der Waals surface area contributed by atoms with Crippen molar-refractivity contribution in [1.29, 1.82) is 0 Å². The van der Waals surface area contributed by atoms with E-state index in [0.29, 0.717) is 42.3 Å². The van der Waals surface area contributed by atoms with Crippen LogP contribution in [0.3, 0.4) is 0 Å². The van der Waals surface area contributed by atoms with E-state index < -0.39 is 5.97 Å². The second-order valence-electron chi connectivity index (χ2n) is 6.20. The number of esters is 1. The Kier molecular flexibility index (Phi) is 6.62. The fourth-order valence-electron chi connectivity index (χ4n) is 2.94. The SMILES string of the molecule is COCOc1c(CCOCc2ccccc2)c(OC(C)=O)cc2c1C(=O)CO2. The lowest BCUT2D eigenvalue weighted by Crippen LogP contribution is -2.12. The van der Waals surface area contributed by atoms with Gasteiger partial charge in [-0.15, -0.1) is 0 Å². The van der Waals surface area contributed by atoms with Crippen molar-refractivity contribution >= 4 is 11.8 Å². The van der Waals surface area contributed by atoms with Gasteiger partial charge in [0, 0.05) is 32.1 Å². The summed E-state index contributed by atoms with van der Waals surface area (Å²) in [5.41, 5.74) is 1.96. The van der Waals surface area contributed by atoms with Crippen LogP contribution in [-0.2, 0) is 27.3 Å². The molecule has 1 aliphatic heterocycles. The number of carbonyl (C=O) groups excluding carboxylic acids is 2. The van der Waals surface area contributed by atoms with E-state index in [1.54, 1.807) is 6.07 Å². The molecular formula is C21H22O7. The van der Waals surface area contributed by atoms with Crippen molar-refractivity contribution in [3.8, 4) is 17.2 Å². The van der Waals surface area contributed by atoms with E-state index in [2.05, 4.69) is 0 Å². The Balaban J connectivity index is 1.84. The highest BCUT2D eigenvalue weighted by molar-refractivity contribution is 6.05. The first kappa shape index (κ1) is 19.9. The molecule has 0 spiro atoms. The number of benzene rings is 2. The first-order chi connectivity index (χ1) is 13.6. The normalized spacial score (nSPS) is 12.4. The summed E-state index contributed by atoms with van der Waals surface area (Å²) in [6.45, 7) is 1.98. The average molecular weight is 386 g/mol. The minimum Gasteiger partial charge on any atom is -0.484 e. The number of ketones is 1. The van der Waals surface area contributed by atoms with Gasteiger partial charge < -0.3 is 23.7 Å². The average Bonchev–Trinajstić information content (AvgIpc) is 3.05. The van der Waals surface area contributed by atoms with Crippen LogP contribution in [0.4, 0.5) is 0 Å². The Hall–Kier alpha value is -2.90. The van der Waals surface area contributed by atoms with Crippen LogP contribution in [0.5, 0.6) is 17.2 Å². The zero-order valence-corrected chi connectivity index (χ0v) is 15.9. The fourth-order valence-corrected chi connectivity index (χ4v) is 2.94. The Morgan fingerprint density at radius 3 is 2.71 bits per heavy atom. The van der Waals surface area contributed by atoms with Gasteiger partial charge in [0.2, 0.25) is 5.78 Å². The number of carbonyl (C=O) groups is 2. The third kappa shape index (κ3) is 4.68. The zero-order valence-electron chi connectivity index (χ0n) is 15.9. The van der Waals surface area contributed by atoms with Crippen LogP contribution in [0.2, 0.25) is 0 Å². The van der Waals surface area contributed by atoms with Gasteiger partial charge in [-0.25, -0.2) is 0 Å². The molecule has 7 nitrogen and oxygen atoms in total. The summed E-state index contributed by atoms with van der Waals surface area (Å²) >= 11 is 0. The van der Waals surface area contributed by atoms with E-state index >= 15 is 0 Å². The molecule has 0 saturated heterocycles. The molecule has 0 radical (unpaired) electrons. The Morgan fingerprint density at radius 1 is 1.21 bits per heavy atom. The predicted molar refractivity (Wildman–Crippen MR) is 99.9 cm³/mol. The quantitative estimate of drug-likeness (QED) is 0.284. The molecule has 0 bridgehead atoms. The van der Waals surface area contributed by atoms with Crippen LogP contribution < -0.4 is 14.2 Å². The largest absolute Gasteiger partial charge is 0.484 e. The minimum absolute atomic E-state index is 0.0544. The predicted octanol–water partition coefficient (Wildman–Crippen LogP) is 2.93. The molecule has 3 rings (SSSR count). The number of fused-ring (bicyclic) bond motifs is 1. The van der Waals surface area contributed by atoms with Gasteiger partial charge >= 0.3 is 5.97 Å². The lowest BCUT2D eigenvalue weighted by Gasteiger charge is -2.17. The first-order valence-electron chi connectivity index (χ1n) is 8.88. The number of methoxy groups -OCH3 is 1. The summed E-state index contributed by atoms with van der Waals surface area (Å²) in [4.78, 5) is 23.8. The Bertz CT molecular complexity index is 846. The lowest BCUT2D eigenvalue weighted by atomic mass is 10.0. The van der Waals surface area contributed by atoms with Gasteiger partial charge in [-0.3, -0.25) is 9.59 Å². The molecule has 0 fully saturated rings.